The molecule has 0 N–H and O–H groups in total. The fourth-order valence-corrected chi connectivity index (χ4v) is 0.675. The van der Waals surface area contributed by atoms with E-state index in [1.54, 1.807) is 18.9 Å². The Morgan fingerprint density at radius 1 is 1.14 bits per heavy atom. The van der Waals surface area contributed by atoms with E-state index in [-0.39, 0.29) is 6.09 Å². The summed E-state index contributed by atoms with van der Waals surface area (Å²) >= 11 is 0. The molecule has 0 bridgehead atoms. The van der Waals surface area contributed by atoms with Crippen LogP contribution in [0.4, 0.5) is 4.79 Å². The van der Waals surface area contributed by atoms with E-state index in [0.29, 0.717) is 13.2 Å². The number of likely N-dealkylation sites (N-methyl/N-ethyl adjacent to an activating group) is 2. The Hall–Kier alpha value is -0.770. The standard InChI is InChI=1S/C8H18N2O2.C2H6/c1-5-12-8(11)10(4)7-6-9(2)3;1-2/h5-7H2,1-4H3;1-2H3. The molecule has 0 saturated heterocycles. The number of ether oxygens (including phenoxy) is 1. The zero-order valence-corrected chi connectivity index (χ0v) is 10.3. The minimum Gasteiger partial charge on any atom is -0.450 e. The lowest BCUT2D eigenvalue weighted by molar-refractivity contribution is 0.114. The summed E-state index contributed by atoms with van der Waals surface area (Å²) in [6.07, 6.45) is -0.251. The Kier molecular flexibility index (Phi) is 11.6. The quantitative estimate of drug-likeness (QED) is 0.698. The molecule has 0 aromatic heterocycles. The van der Waals surface area contributed by atoms with Crippen molar-refractivity contribution in [1.82, 2.24) is 9.80 Å². The Labute approximate surface area is 87.8 Å². The topological polar surface area (TPSA) is 32.8 Å². The van der Waals surface area contributed by atoms with Crippen molar-refractivity contribution in [2.75, 3.05) is 40.8 Å². The Morgan fingerprint density at radius 3 is 2.00 bits per heavy atom. The lowest BCUT2D eigenvalue weighted by Crippen LogP contribution is -2.33. The summed E-state index contributed by atoms with van der Waals surface area (Å²) in [4.78, 5) is 14.6. The average Bonchev–Trinajstić information content (AvgIpc) is 2.17. The minimum atomic E-state index is -0.251. The van der Waals surface area contributed by atoms with Gasteiger partial charge in [-0.1, -0.05) is 13.8 Å². The van der Waals surface area contributed by atoms with Crippen LogP contribution in [-0.4, -0.2) is 56.7 Å². The number of hydrogen-bond donors (Lipinski definition) is 0. The maximum Gasteiger partial charge on any atom is 0.409 e. The van der Waals surface area contributed by atoms with Crippen LogP contribution in [-0.2, 0) is 4.74 Å². The summed E-state index contributed by atoms with van der Waals surface area (Å²) in [7, 11) is 5.68. The summed E-state index contributed by atoms with van der Waals surface area (Å²) < 4.78 is 4.80. The molecular formula is C10H24N2O2. The number of rotatable bonds is 4. The predicted molar refractivity (Wildman–Crippen MR) is 59.6 cm³/mol. The molecule has 0 aromatic carbocycles. The van der Waals surface area contributed by atoms with Crippen LogP contribution in [0.1, 0.15) is 20.8 Å². The van der Waals surface area contributed by atoms with Crippen molar-refractivity contribution in [2.45, 2.75) is 20.8 Å². The Morgan fingerprint density at radius 2 is 1.64 bits per heavy atom. The van der Waals surface area contributed by atoms with E-state index >= 15 is 0 Å². The van der Waals surface area contributed by atoms with Gasteiger partial charge in [0.2, 0.25) is 0 Å². The first kappa shape index (κ1) is 15.7. The lowest BCUT2D eigenvalue weighted by atomic mass is 10.5. The molecule has 0 unspecified atom stereocenters. The van der Waals surface area contributed by atoms with Crippen molar-refractivity contribution >= 4 is 6.09 Å². The van der Waals surface area contributed by atoms with Gasteiger partial charge in [0.1, 0.15) is 0 Å². The third kappa shape index (κ3) is 9.32. The predicted octanol–water partition coefficient (Wildman–Crippen LogP) is 1.66. The van der Waals surface area contributed by atoms with E-state index in [1.807, 2.05) is 32.8 Å². The molecule has 0 atom stereocenters. The highest BCUT2D eigenvalue weighted by Gasteiger charge is 2.07. The third-order valence-electron chi connectivity index (χ3n) is 1.46. The molecule has 0 aliphatic rings. The fraction of sp³-hybridized carbons (Fsp3) is 0.900. The summed E-state index contributed by atoms with van der Waals surface area (Å²) in [6, 6.07) is 0. The van der Waals surface area contributed by atoms with Crippen LogP contribution < -0.4 is 0 Å². The molecule has 14 heavy (non-hydrogen) atoms. The van der Waals surface area contributed by atoms with Crippen LogP contribution in [0, 0.1) is 0 Å². The van der Waals surface area contributed by atoms with Crippen molar-refractivity contribution < 1.29 is 9.53 Å². The van der Waals surface area contributed by atoms with Gasteiger partial charge >= 0.3 is 6.09 Å². The van der Waals surface area contributed by atoms with E-state index in [4.69, 9.17) is 4.74 Å². The van der Waals surface area contributed by atoms with E-state index in [0.717, 1.165) is 6.54 Å². The second kappa shape index (κ2) is 10.3. The number of nitrogens with zero attached hydrogens (tertiary/aromatic N) is 2. The summed E-state index contributed by atoms with van der Waals surface area (Å²) in [5, 5.41) is 0. The van der Waals surface area contributed by atoms with Crippen LogP contribution in [0.15, 0.2) is 0 Å². The van der Waals surface area contributed by atoms with Gasteiger partial charge in [0.05, 0.1) is 6.61 Å². The highest BCUT2D eigenvalue weighted by Crippen LogP contribution is 1.89. The molecule has 86 valence electrons. The first-order valence-corrected chi connectivity index (χ1v) is 5.10. The molecule has 4 heteroatoms. The fourth-order valence-electron chi connectivity index (χ4n) is 0.675. The molecule has 0 fully saturated rings. The largest absolute Gasteiger partial charge is 0.450 e. The van der Waals surface area contributed by atoms with Crippen LogP contribution in [0.3, 0.4) is 0 Å². The van der Waals surface area contributed by atoms with Gasteiger partial charge in [-0.15, -0.1) is 0 Å². The summed E-state index contributed by atoms with van der Waals surface area (Å²) in [6.45, 7) is 7.80. The molecule has 0 aliphatic heterocycles. The second-order valence-corrected chi connectivity index (χ2v) is 2.92. The molecule has 0 heterocycles. The van der Waals surface area contributed by atoms with Crippen molar-refractivity contribution in [2.24, 2.45) is 0 Å². The van der Waals surface area contributed by atoms with Crippen molar-refractivity contribution in [3.05, 3.63) is 0 Å². The van der Waals surface area contributed by atoms with Crippen LogP contribution >= 0.6 is 0 Å². The third-order valence-corrected chi connectivity index (χ3v) is 1.46. The first-order valence-electron chi connectivity index (χ1n) is 5.10. The molecule has 1 amide bonds. The number of carbonyl (C=O) groups excluding carboxylic acids is 1. The van der Waals surface area contributed by atoms with Crippen LogP contribution in [0.25, 0.3) is 0 Å². The first-order chi connectivity index (χ1) is 6.57. The normalized spacial score (nSPS) is 9.07. The summed E-state index contributed by atoms with van der Waals surface area (Å²) in [5.74, 6) is 0. The van der Waals surface area contributed by atoms with E-state index in [2.05, 4.69) is 0 Å². The SMILES string of the molecule is CC.CCOC(=O)N(C)CCN(C)C. The molecule has 0 aliphatic carbocycles. The van der Waals surface area contributed by atoms with Crippen molar-refractivity contribution in [3.63, 3.8) is 0 Å². The zero-order chi connectivity index (χ0) is 11.6. The van der Waals surface area contributed by atoms with Crippen LogP contribution in [0.2, 0.25) is 0 Å². The van der Waals surface area contributed by atoms with E-state index in [1.165, 1.54) is 0 Å². The second-order valence-electron chi connectivity index (χ2n) is 2.92. The van der Waals surface area contributed by atoms with Gasteiger partial charge in [-0.05, 0) is 21.0 Å². The molecule has 0 rings (SSSR count). The van der Waals surface area contributed by atoms with Gasteiger partial charge in [0.25, 0.3) is 0 Å². The molecule has 0 spiro atoms. The molecule has 0 aromatic rings. The van der Waals surface area contributed by atoms with E-state index in [9.17, 15) is 4.79 Å². The van der Waals surface area contributed by atoms with Gasteiger partial charge in [0, 0.05) is 20.1 Å². The van der Waals surface area contributed by atoms with Gasteiger partial charge in [-0.3, -0.25) is 0 Å². The minimum absolute atomic E-state index is 0.251. The van der Waals surface area contributed by atoms with Gasteiger partial charge in [0.15, 0.2) is 0 Å². The molecule has 0 saturated carbocycles. The average molecular weight is 204 g/mol. The molecular weight excluding hydrogens is 180 g/mol. The van der Waals surface area contributed by atoms with Crippen molar-refractivity contribution in [3.8, 4) is 0 Å². The van der Waals surface area contributed by atoms with Gasteiger partial charge in [-0.25, -0.2) is 4.79 Å². The number of carbonyl (C=O) groups is 1. The highest BCUT2D eigenvalue weighted by molar-refractivity contribution is 5.67. The van der Waals surface area contributed by atoms with Crippen molar-refractivity contribution in [1.29, 1.82) is 0 Å². The smallest absolute Gasteiger partial charge is 0.409 e. The Bertz CT molecular complexity index is 138. The Balaban J connectivity index is 0. The molecule has 4 nitrogen and oxygen atoms in total. The monoisotopic (exact) mass is 204 g/mol. The maximum atomic E-state index is 11.0. The number of amides is 1. The van der Waals surface area contributed by atoms with Gasteiger partial charge in [-0.2, -0.15) is 0 Å². The highest BCUT2D eigenvalue weighted by atomic mass is 16.5. The van der Waals surface area contributed by atoms with Gasteiger partial charge < -0.3 is 14.5 Å². The zero-order valence-electron chi connectivity index (χ0n) is 10.3. The number of hydrogen-bond acceptors (Lipinski definition) is 3. The summed E-state index contributed by atoms with van der Waals surface area (Å²) in [5.41, 5.74) is 0. The van der Waals surface area contributed by atoms with Crippen LogP contribution in [0.5, 0.6) is 0 Å². The molecule has 0 radical (unpaired) electrons. The maximum absolute atomic E-state index is 11.0. The lowest BCUT2D eigenvalue weighted by Gasteiger charge is -2.18. The van der Waals surface area contributed by atoms with E-state index < -0.39 is 0 Å².